The van der Waals surface area contributed by atoms with Gasteiger partial charge in [-0.2, -0.15) is 0 Å². The van der Waals surface area contributed by atoms with Crippen LogP contribution in [0.5, 0.6) is 0 Å². The molecule has 1 saturated carbocycles. The maximum absolute atomic E-state index is 11.6. The van der Waals surface area contributed by atoms with Gasteiger partial charge in [0.25, 0.3) is 0 Å². The van der Waals surface area contributed by atoms with Crippen LogP contribution >= 0.6 is 0 Å². The number of nitrogens with two attached hydrogens (primary N) is 1. The Balaban J connectivity index is 1.99. The van der Waals surface area contributed by atoms with Crippen molar-refractivity contribution in [1.82, 2.24) is 10.2 Å². The van der Waals surface area contributed by atoms with Gasteiger partial charge in [-0.3, -0.25) is 10.7 Å². The number of carbonyl (C=O) groups excluding carboxylic acids is 1. The van der Waals surface area contributed by atoms with E-state index in [1.807, 2.05) is 13.0 Å². The molecule has 0 aromatic heterocycles. The molecule has 2 fully saturated rings. The summed E-state index contributed by atoms with van der Waals surface area (Å²) in [5, 5.41) is 9.68. The highest BCUT2D eigenvalue weighted by Gasteiger charge is 2.56. The first-order valence-corrected chi connectivity index (χ1v) is 5.10. The van der Waals surface area contributed by atoms with E-state index in [1.54, 1.807) is 11.8 Å². The summed E-state index contributed by atoms with van der Waals surface area (Å²) in [5.41, 5.74) is 7.06. The minimum Gasteiger partial charge on any atom is -0.324 e. The minimum absolute atomic E-state index is 0.130. The van der Waals surface area contributed by atoms with Crippen LogP contribution in [0.15, 0.2) is 11.6 Å². The molecule has 5 heteroatoms. The molecule has 0 radical (unpaired) electrons. The standard InChI is InChI=1S/C10H16N4O/c1-3-6-8(12)7-4-14(9(6)7)10(15)13-5(2)11/h3,7-9H,4,12H2,1-2H3,(H2,11,13,15)/b6-3-. The number of fused-ring (bicyclic) bond motifs is 1. The van der Waals surface area contributed by atoms with Crippen molar-refractivity contribution in [3.8, 4) is 0 Å². The smallest absolute Gasteiger partial charge is 0.323 e. The summed E-state index contributed by atoms with van der Waals surface area (Å²) >= 11 is 0. The van der Waals surface area contributed by atoms with Crippen molar-refractivity contribution in [2.75, 3.05) is 6.54 Å². The number of rotatable bonds is 0. The zero-order valence-corrected chi connectivity index (χ0v) is 8.95. The van der Waals surface area contributed by atoms with Gasteiger partial charge in [0, 0.05) is 18.5 Å². The van der Waals surface area contributed by atoms with Crippen molar-refractivity contribution in [3.05, 3.63) is 11.6 Å². The molecule has 4 N–H and O–H groups in total. The van der Waals surface area contributed by atoms with Gasteiger partial charge in [-0.25, -0.2) is 4.79 Å². The van der Waals surface area contributed by atoms with E-state index < -0.39 is 0 Å². The van der Waals surface area contributed by atoms with E-state index in [9.17, 15) is 4.79 Å². The maximum atomic E-state index is 11.6. The minimum atomic E-state index is -0.185. The Kier molecular flexibility index (Phi) is 2.26. The van der Waals surface area contributed by atoms with Gasteiger partial charge in [0.15, 0.2) is 0 Å². The van der Waals surface area contributed by atoms with Crippen LogP contribution in [-0.2, 0) is 0 Å². The van der Waals surface area contributed by atoms with Crippen LogP contribution in [0.3, 0.4) is 0 Å². The summed E-state index contributed by atoms with van der Waals surface area (Å²) in [4.78, 5) is 13.3. The largest absolute Gasteiger partial charge is 0.324 e. The lowest BCUT2D eigenvalue weighted by Crippen LogP contribution is -2.75. The van der Waals surface area contributed by atoms with Gasteiger partial charge in [0.2, 0.25) is 0 Å². The second-order valence-corrected chi connectivity index (χ2v) is 4.13. The van der Waals surface area contributed by atoms with Gasteiger partial charge in [0.1, 0.15) is 0 Å². The molecule has 15 heavy (non-hydrogen) atoms. The van der Waals surface area contributed by atoms with Crippen LogP contribution in [-0.4, -0.2) is 35.4 Å². The molecule has 82 valence electrons. The number of nitrogens with one attached hydrogen (secondary N) is 2. The van der Waals surface area contributed by atoms with Gasteiger partial charge in [-0.15, -0.1) is 0 Å². The van der Waals surface area contributed by atoms with Crippen molar-refractivity contribution >= 4 is 11.9 Å². The molecule has 2 aliphatic rings. The lowest BCUT2D eigenvalue weighted by Gasteiger charge is -2.60. The van der Waals surface area contributed by atoms with Gasteiger partial charge < -0.3 is 10.6 Å². The molecule has 0 aromatic rings. The monoisotopic (exact) mass is 208 g/mol. The van der Waals surface area contributed by atoms with Crippen LogP contribution in [0.1, 0.15) is 13.8 Å². The third-order valence-electron chi connectivity index (χ3n) is 3.23. The normalized spacial score (nSPS) is 35.3. The third-order valence-corrected chi connectivity index (χ3v) is 3.23. The fourth-order valence-corrected chi connectivity index (χ4v) is 2.40. The Labute approximate surface area is 88.8 Å². The topological polar surface area (TPSA) is 82.2 Å². The average Bonchev–Trinajstić information content (AvgIpc) is 2.10. The van der Waals surface area contributed by atoms with Gasteiger partial charge in [-0.1, -0.05) is 6.08 Å². The summed E-state index contributed by atoms with van der Waals surface area (Å²) in [5.74, 6) is 0.599. The first-order chi connectivity index (χ1) is 7.06. The highest BCUT2D eigenvalue weighted by atomic mass is 16.2. The number of carbonyl (C=O) groups is 1. The summed E-state index contributed by atoms with van der Waals surface area (Å²) in [6, 6.07) is 0.129. The highest BCUT2D eigenvalue weighted by Crippen LogP contribution is 2.44. The molecule has 1 saturated heterocycles. The second kappa shape index (κ2) is 3.34. The van der Waals surface area contributed by atoms with Crippen LogP contribution in [0.25, 0.3) is 0 Å². The summed E-state index contributed by atoms with van der Waals surface area (Å²) in [7, 11) is 0. The van der Waals surface area contributed by atoms with E-state index in [4.69, 9.17) is 11.1 Å². The van der Waals surface area contributed by atoms with E-state index in [-0.39, 0.29) is 24.0 Å². The number of likely N-dealkylation sites (tertiary alicyclic amines) is 1. The Morgan fingerprint density at radius 1 is 1.73 bits per heavy atom. The Morgan fingerprint density at radius 2 is 2.40 bits per heavy atom. The van der Waals surface area contributed by atoms with Crippen molar-refractivity contribution in [2.24, 2.45) is 11.7 Å². The number of piperidine rings is 1. The summed E-state index contributed by atoms with van der Waals surface area (Å²) in [6.45, 7) is 4.21. The molecule has 2 rings (SSSR count). The van der Waals surface area contributed by atoms with Crippen LogP contribution in [0.4, 0.5) is 4.79 Å². The van der Waals surface area contributed by atoms with E-state index in [1.165, 1.54) is 0 Å². The van der Waals surface area contributed by atoms with Gasteiger partial charge in [-0.05, 0) is 19.4 Å². The predicted molar refractivity (Wildman–Crippen MR) is 57.6 cm³/mol. The SMILES string of the molecule is C/C=C1/C(N)C2CN(C(=O)NC(C)=N)C12. The lowest BCUT2D eigenvalue weighted by atomic mass is 9.63. The van der Waals surface area contributed by atoms with Crippen molar-refractivity contribution in [1.29, 1.82) is 5.41 Å². The molecule has 1 aliphatic heterocycles. The number of hydrogen-bond donors (Lipinski definition) is 3. The average molecular weight is 208 g/mol. The molecular formula is C10H16N4O. The zero-order valence-electron chi connectivity index (χ0n) is 8.95. The van der Waals surface area contributed by atoms with Crippen LogP contribution in [0, 0.1) is 11.3 Å². The van der Waals surface area contributed by atoms with Gasteiger partial charge in [0.05, 0.1) is 11.9 Å². The number of amidine groups is 1. The van der Waals surface area contributed by atoms with Crippen LogP contribution in [0.2, 0.25) is 0 Å². The third kappa shape index (κ3) is 1.34. The molecule has 0 bridgehead atoms. The fourth-order valence-electron chi connectivity index (χ4n) is 2.40. The highest BCUT2D eigenvalue weighted by molar-refractivity contribution is 5.95. The Bertz CT molecular complexity index is 349. The lowest BCUT2D eigenvalue weighted by molar-refractivity contribution is 0.0122. The second-order valence-electron chi connectivity index (χ2n) is 4.13. The van der Waals surface area contributed by atoms with E-state index in [0.29, 0.717) is 12.5 Å². The van der Waals surface area contributed by atoms with E-state index >= 15 is 0 Å². The molecule has 3 unspecified atom stereocenters. The molecule has 1 heterocycles. The van der Waals surface area contributed by atoms with E-state index in [2.05, 4.69) is 5.32 Å². The van der Waals surface area contributed by atoms with Gasteiger partial charge >= 0.3 is 6.03 Å². The van der Waals surface area contributed by atoms with Crippen LogP contribution < -0.4 is 11.1 Å². The van der Waals surface area contributed by atoms with Crippen molar-refractivity contribution in [2.45, 2.75) is 25.9 Å². The molecule has 2 amide bonds. The number of amides is 2. The maximum Gasteiger partial charge on any atom is 0.323 e. The number of nitrogens with zero attached hydrogens (tertiary/aromatic N) is 1. The zero-order chi connectivity index (χ0) is 11.2. The summed E-state index contributed by atoms with van der Waals surface area (Å²) < 4.78 is 0. The first-order valence-electron chi connectivity index (χ1n) is 5.10. The quantitative estimate of drug-likeness (QED) is 0.303. The number of hydrogen-bond acceptors (Lipinski definition) is 3. The number of urea groups is 1. The Hall–Kier alpha value is -1.36. The van der Waals surface area contributed by atoms with E-state index in [0.717, 1.165) is 5.57 Å². The van der Waals surface area contributed by atoms with Crippen molar-refractivity contribution < 1.29 is 4.79 Å². The number of allylic oxidation sites excluding steroid dienone is 1. The first kappa shape index (κ1) is 10.2. The molecule has 3 atom stereocenters. The molecule has 1 aliphatic carbocycles. The fraction of sp³-hybridized carbons (Fsp3) is 0.600. The predicted octanol–water partition coefficient (Wildman–Crippen LogP) is 0.281. The molecule has 0 spiro atoms. The summed E-state index contributed by atoms with van der Waals surface area (Å²) in [6.07, 6.45) is 1.99. The Morgan fingerprint density at radius 3 is 2.93 bits per heavy atom. The van der Waals surface area contributed by atoms with Crippen molar-refractivity contribution in [3.63, 3.8) is 0 Å². The molecule has 0 aromatic carbocycles. The molecular weight excluding hydrogens is 192 g/mol. The molecule has 5 nitrogen and oxygen atoms in total.